The van der Waals surface area contributed by atoms with Crippen LogP contribution in [-0.4, -0.2) is 44.3 Å². The van der Waals surface area contributed by atoms with Gasteiger partial charge in [0, 0.05) is 25.7 Å². The molecular weight excluding hydrogens is 248 g/mol. The third-order valence-corrected chi connectivity index (χ3v) is 3.78. The smallest absolute Gasteiger partial charge is 0.0593 e. The molecule has 0 heterocycles. The maximum Gasteiger partial charge on any atom is 0.0593 e. The fourth-order valence-corrected chi connectivity index (χ4v) is 2.39. The molecule has 2 rings (SSSR count). The maximum absolute atomic E-state index is 5.42. The Morgan fingerprint density at radius 1 is 1.25 bits per heavy atom. The molecule has 3 nitrogen and oxygen atoms in total. The van der Waals surface area contributed by atoms with Crippen molar-refractivity contribution in [3.05, 3.63) is 35.4 Å². The molecule has 0 aromatic heterocycles. The summed E-state index contributed by atoms with van der Waals surface area (Å²) in [5.41, 5.74) is 2.92. The molecule has 1 N–H and O–H groups in total. The average Bonchev–Trinajstić information content (AvgIpc) is 3.25. The van der Waals surface area contributed by atoms with Gasteiger partial charge in [-0.15, -0.1) is 0 Å². The van der Waals surface area contributed by atoms with Gasteiger partial charge in [-0.2, -0.15) is 0 Å². The predicted molar refractivity (Wildman–Crippen MR) is 84.0 cm³/mol. The zero-order chi connectivity index (χ0) is 14.2. The average molecular weight is 276 g/mol. The highest BCUT2D eigenvalue weighted by molar-refractivity contribution is 5.27. The van der Waals surface area contributed by atoms with Crippen molar-refractivity contribution in [2.75, 3.05) is 33.4 Å². The molecule has 1 saturated carbocycles. The number of hydrogen-bond donors (Lipinski definition) is 1. The van der Waals surface area contributed by atoms with E-state index in [1.807, 2.05) is 6.92 Å². The largest absolute Gasteiger partial charge is 0.380 e. The normalized spacial score (nSPS) is 14.9. The van der Waals surface area contributed by atoms with Crippen LogP contribution in [0.3, 0.4) is 0 Å². The number of rotatable bonds is 10. The van der Waals surface area contributed by atoms with Crippen LogP contribution in [0, 0.1) is 0 Å². The molecule has 0 atom stereocenters. The Morgan fingerprint density at radius 2 is 2.00 bits per heavy atom. The van der Waals surface area contributed by atoms with Gasteiger partial charge in [0.05, 0.1) is 6.61 Å². The Bertz CT molecular complexity index is 390. The molecule has 0 spiro atoms. The highest BCUT2D eigenvalue weighted by Gasteiger charge is 2.19. The van der Waals surface area contributed by atoms with E-state index >= 15 is 0 Å². The molecule has 0 amide bonds. The van der Waals surface area contributed by atoms with E-state index in [9.17, 15) is 0 Å². The Balaban J connectivity index is 1.79. The number of hydrogen-bond acceptors (Lipinski definition) is 3. The van der Waals surface area contributed by atoms with E-state index in [2.05, 4.69) is 41.5 Å². The Morgan fingerprint density at radius 3 is 2.70 bits per heavy atom. The van der Waals surface area contributed by atoms with Crippen LogP contribution in [0.1, 0.15) is 30.9 Å². The second-order valence-corrected chi connectivity index (χ2v) is 5.68. The minimum absolute atomic E-state index is 0.802. The van der Waals surface area contributed by atoms with Crippen LogP contribution in [0.2, 0.25) is 0 Å². The molecule has 1 aromatic carbocycles. The van der Waals surface area contributed by atoms with Crippen molar-refractivity contribution in [1.82, 2.24) is 10.2 Å². The molecule has 1 aliphatic rings. The topological polar surface area (TPSA) is 24.5 Å². The number of likely N-dealkylation sites (N-methyl/N-ethyl adjacent to an activating group) is 1. The Hall–Kier alpha value is -0.900. The van der Waals surface area contributed by atoms with Gasteiger partial charge >= 0.3 is 0 Å². The quantitative estimate of drug-likeness (QED) is 0.664. The lowest BCUT2D eigenvalue weighted by Crippen LogP contribution is -2.24. The van der Waals surface area contributed by atoms with Gasteiger partial charge in [-0.05, 0) is 50.9 Å². The molecule has 20 heavy (non-hydrogen) atoms. The Kier molecular flexibility index (Phi) is 6.51. The highest BCUT2D eigenvalue weighted by atomic mass is 16.5. The summed E-state index contributed by atoms with van der Waals surface area (Å²) < 4.78 is 5.42. The molecule has 0 bridgehead atoms. The molecule has 1 aromatic rings. The number of nitrogens with zero attached hydrogens (tertiary/aromatic N) is 1. The fourth-order valence-electron chi connectivity index (χ4n) is 2.39. The third kappa shape index (κ3) is 5.61. The summed E-state index contributed by atoms with van der Waals surface area (Å²) in [5.74, 6) is 0. The zero-order valence-corrected chi connectivity index (χ0v) is 12.9. The SMILES string of the molecule is CCOCCN(C)Cc1ccccc1CCNC1CC1. The van der Waals surface area contributed by atoms with E-state index in [0.29, 0.717) is 0 Å². The number of ether oxygens (including phenoxy) is 1. The summed E-state index contributed by atoms with van der Waals surface area (Å²) in [6.45, 7) is 6.76. The second-order valence-electron chi connectivity index (χ2n) is 5.68. The van der Waals surface area contributed by atoms with Crippen molar-refractivity contribution < 1.29 is 4.74 Å². The first-order valence-electron chi connectivity index (χ1n) is 7.86. The molecule has 0 aliphatic heterocycles. The van der Waals surface area contributed by atoms with Crippen molar-refractivity contribution in [1.29, 1.82) is 0 Å². The summed E-state index contributed by atoms with van der Waals surface area (Å²) in [5, 5.41) is 3.59. The minimum atomic E-state index is 0.802. The van der Waals surface area contributed by atoms with E-state index in [-0.39, 0.29) is 0 Å². The third-order valence-electron chi connectivity index (χ3n) is 3.78. The maximum atomic E-state index is 5.42. The first-order chi connectivity index (χ1) is 9.79. The van der Waals surface area contributed by atoms with Gasteiger partial charge in [0.1, 0.15) is 0 Å². The summed E-state index contributed by atoms with van der Waals surface area (Å²) in [7, 11) is 2.16. The summed E-state index contributed by atoms with van der Waals surface area (Å²) in [6, 6.07) is 9.61. The van der Waals surface area contributed by atoms with Crippen LogP contribution >= 0.6 is 0 Å². The van der Waals surface area contributed by atoms with Gasteiger partial charge in [-0.3, -0.25) is 4.90 Å². The summed E-state index contributed by atoms with van der Waals surface area (Å²) in [4.78, 5) is 2.34. The van der Waals surface area contributed by atoms with Crippen LogP contribution in [-0.2, 0) is 17.7 Å². The highest BCUT2D eigenvalue weighted by Crippen LogP contribution is 2.19. The molecule has 3 heteroatoms. The minimum Gasteiger partial charge on any atom is -0.380 e. The molecule has 0 radical (unpaired) electrons. The van der Waals surface area contributed by atoms with E-state index in [1.165, 1.54) is 24.0 Å². The Labute approximate surface area is 123 Å². The van der Waals surface area contributed by atoms with E-state index in [1.54, 1.807) is 0 Å². The summed E-state index contributed by atoms with van der Waals surface area (Å²) >= 11 is 0. The van der Waals surface area contributed by atoms with Crippen molar-refractivity contribution in [3.63, 3.8) is 0 Å². The van der Waals surface area contributed by atoms with Crippen molar-refractivity contribution >= 4 is 0 Å². The molecule has 1 fully saturated rings. The lowest BCUT2D eigenvalue weighted by Gasteiger charge is -2.19. The monoisotopic (exact) mass is 276 g/mol. The van der Waals surface area contributed by atoms with Gasteiger partial charge in [-0.25, -0.2) is 0 Å². The lowest BCUT2D eigenvalue weighted by molar-refractivity contribution is 0.120. The van der Waals surface area contributed by atoms with Crippen molar-refractivity contribution in [2.45, 2.75) is 38.8 Å². The van der Waals surface area contributed by atoms with Crippen molar-refractivity contribution in [3.8, 4) is 0 Å². The van der Waals surface area contributed by atoms with Gasteiger partial charge in [0.25, 0.3) is 0 Å². The van der Waals surface area contributed by atoms with Crippen LogP contribution in [0.4, 0.5) is 0 Å². The standard InChI is InChI=1S/C17H28N2O/c1-3-20-13-12-19(2)14-16-7-5-4-6-15(16)10-11-18-17-8-9-17/h4-7,17-18H,3,8-14H2,1-2H3. The molecule has 1 aliphatic carbocycles. The van der Waals surface area contributed by atoms with Gasteiger partial charge in [-0.1, -0.05) is 24.3 Å². The first-order valence-corrected chi connectivity index (χ1v) is 7.86. The lowest BCUT2D eigenvalue weighted by atomic mass is 10.0. The van der Waals surface area contributed by atoms with Crippen LogP contribution < -0.4 is 5.32 Å². The van der Waals surface area contributed by atoms with Crippen LogP contribution in [0.25, 0.3) is 0 Å². The van der Waals surface area contributed by atoms with Crippen LogP contribution in [0.15, 0.2) is 24.3 Å². The molecular formula is C17H28N2O. The molecule has 0 unspecified atom stereocenters. The van der Waals surface area contributed by atoms with Crippen LogP contribution in [0.5, 0.6) is 0 Å². The second kappa shape index (κ2) is 8.40. The van der Waals surface area contributed by atoms with Gasteiger partial charge in [0.2, 0.25) is 0 Å². The zero-order valence-electron chi connectivity index (χ0n) is 12.9. The summed E-state index contributed by atoms with van der Waals surface area (Å²) in [6.07, 6.45) is 3.86. The van der Waals surface area contributed by atoms with E-state index < -0.39 is 0 Å². The number of nitrogens with one attached hydrogen (secondary N) is 1. The fraction of sp³-hybridized carbons (Fsp3) is 0.647. The van der Waals surface area contributed by atoms with Gasteiger partial charge < -0.3 is 10.1 Å². The van der Waals surface area contributed by atoms with Crippen molar-refractivity contribution in [2.24, 2.45) is 0 Å². The van der Waals surface area contributed by atoms with Gasteiger partial charge in [0.15, 0.2) is 0 Å². The van der Waals surface area contributed by atoms with E-state index in [0.717, 1.165) is 45.3 Å². The predicted octanol–water partition coefficient (Wildman–Crippen LogP) is 2.45. The first kappa shape index (κ1) is 15.5. The molecule has 112 valence electrons. The molecule has 0 saturated heterocycles. The van der Waals surface area contributed by atoms with E-state index in [4.69, 9.17) is 4.74 Å². The number of benzene rings is 1.